The number of anilines is 3. The van der Waals surface area contributed by atoms with Crippen molar-refractivity contribution in [2.45, 2.75) is 6.42 Å². The molecule has 2 aromatic heterocycles. The van der Waals surface area contributed by atoms with Gasteiger partial charge in [0.15, 0.2) is 11.5 Å². The SMILES string of the molecule is Nc1ncc(Cl)nc1-c1nc(N2CCc3ccccc32)no1. The molecule has 0 saturated heterocycles. The molecular weight excluding hydrogens is 304 g/mol. The molecule has 0 radical (unpaired) electrons. The highest BCUT2D eigenvalue weighted by molar-refractivity contribution is 6.29. The van der Waals surface area contributed by atoms with Crippen molar-refractivity contribution in [3.05, 3.63) is 41.2 Å². The van der Waals surface area contributed by atoms with Gasteiger partial charge in [0.05, 0.1) is 6.20 Å². The molecule has 1 aliphatic rings. The first kappa shape index (κ1) is 13.0. The van der Waals surface area contributed by atoms with Crippen molar-refractivity contribution in [3.63, 3.8) is 0 Å². The van der Waals surface area contributed by atoms with Crippen molar-refractivity contribution < 1.29 is 4.52 Å². The molecule has 0 fully saturated rings. The Morgan fingerprint density at radius 3 is 3.00 bits per heavy atom. The summed E-state index contributed by atoms with van der Waals surface area (Å²) in [5, 5.41) is 4.24. The maximum absolute atomic E-state index is 5.84. The Bertz CT molecular complexity index is 849. The lowest BCUT2D eigenvalue weighted by Gasteiger charge is -2.13. The first-order chi connectivity index (χ1) is 10.7. The van der Waals surface area contributed by atoms with E-state index in [1.807, 2.05) is 23.1 Å². The minimum Gasteiger partial charge on any atom is -0.382 e. The van der Waals surface area contributed by atoms with Crippen LogP contribution < -0.4 is 10.6 Å². The van der Waals surface area contributed by atoms with E-state index in [-0.39, 0.29) is 16.9 Å². The van der Waals surface area contributed by atoms with Crippen LogP contribution in [0.2, 0.25) is 5.15 Å². The van der Waals surface area contributed by atoms with Gasteiger partial charge in [-0.25, -0.2) is 9.97 Å². The maximum atomic E-state index is 5.84. The van der Waals surface area contributed by atoms with Crippen molar-refractivity contribution in [1.82, 2.24) is 20.1 Å². The molecule has 4 rings (SSSR count). The fraction of sp³-hybridized carbons (Fsp3) is 0.143. The number of hydrogen-bond acceptors (Lipinski definition) is 7. The molecule has 3 heterocycles. The summed E-state index contributed by atoms with van der Waals surface area (Å²) in [6.45, 7) is 0.801. The average molecular weight is 315 g/mol. The second kappa shape index (κ2) is 4.96. The van der Waals surface area contributed by atoms with Gasteiger partial charge in [-0.2, -0.15) is 4.98 Å². The minimum atomic E-state index is 0.196. The summed E-state index contributed by atoms with van der Waals surface area (Å²) in [6.07, 6.45) is 2.31. The van der Waals surface area contributed by atoms with Crippen LogP contribution in [0.4, 0.5) is 17.5 Å². The lowest BCUT2D eigenvalue weighted by Crippen LogP contribution is -2.14. The zero-order chi connectivity index (χ0) is 15.1. The number of para-hydroxylation sites is 1. The van der Waals surface area contributed by atoms with E-state index in [1.165, 1.54) is 11.8 Å². The molecule has 2 N–H and O–H groups in total. The second-order valence-electron chi connectivity index (χ2n) is 4.86. The quantitative estimate of drug-likeness (QED) is 0.776. The Hall–Kier alpha value is -2.67. The zero-order valence-corrected chi connectivity index (χ0v) is 12.2. The molecule has 0 unspecified atom stereocenters. The van der Waals surface area contributed by atoms with Gasteiger partial charge in [-0.05, 0) is 23.2 Å². The summed E-state index contributed by atoms with van der Waals surface area (Å²) in [5.41, 5.74) is 8.42. The van der Waals surface area contributed by atoms with Crippen LogP contribution in [0.15, 0.2) is 35.0 Å². The molecule has 1 aromatic carbocycles. The van der Waals surface area contributed by atoms with Crippen molar-refractivity contribution in [2.24, 2.45) is 0 Å². The van der Waals surface area contributed by atoms with Gasteiger partial charge in [-0.3, -0.25) is 0 Å². The standard InChI is InChI=1S/C14H11ClN6O/c15-10-7-17-12(16)11(18-10)13-19-14(20-22-13)21-6-5-8-3-1-2-4-9(8)21/h1-4,7H,5-6H2,(H2,16,17). The Kier molecular flexibility index (Phi) is 2.93. The lowest BCUT2D eigenvalue weighted by atomic mass is 10.2. The molecule has 7 nitrogen and oxygen atoms in total. The number of hydrogen-bond donors (Lipinski definition) is 1. The van der Waals surface area contributed by atoms with Crippen LogP contribution in [0.5, 0.6) is 0 Å². The van der Waals surface area contributed by atoms with Crippen LogP contribution in [0.25, 0.3) is 11.6 Å². The molecule has 3 aromatic rings. The zero-order valence-electron chi connectivity index (χ0n) is 11.4. The van der Waals surface area contributed by atoms with E-state index in [1.54, 1.807) is 0 Å². The van der Waals surface area contributed by atoms with Gasteiger partial charge in [0.1, 0.15) is 5.15 Å². The van der Waals surface area contributed by atoms with E-state index >= 15 is 0 Å². The third-order valence-corrected chi connectivity index (χ3v) is 3.70. The van der Waals surface area contributed by atoms with Gasteiger partial charge >= 0.3 is 0 Å². The summed E-state index contributed by atoms with van der Waals surface area (Å²) in [4.78, 5) is 14.4. The Morgan fingerprint density at radius 2 is 2.09 bits per heavy atom. The van der Waals surface area contributed by atoms with E-state index in [0.29, 0.717) is 11.6 Å². The van der Waals surface area contributed by atoms with Crippen molar-refractivity contribution in [3.8, 4) is 11.6 Å². The van der Waals surface area contributed by atoms with Crippen LogP contribution in [-0.4, -0.2) is 26.7 Å². The van der Waals surface area contributed by atoms with Crippen LogP contribution in [-0.2, 0) is 6.42 Å². The monoisotopic (exact) mass is 314 g/mol. The van der Waals surface area contributed by atoms with E-state index in [0.717, 1.165) is 18.7 Å². The normalized spacial score (nSPS) is 13.4. The summed E-state index contributed by atoms with van der Waals surface area (Å²) < 4.78 is 5.27. The van der Waals surface area contributed by atoms with Gasteiger partial charge in [-0.15, -0.1) is 0 Å². The number of nitrogens with two attached hydrogens (primary N) is 1. The predicted octanol–water partition coefficient (Wildman–Crippen LogP) is 2.46. The van der Waals surface area contributed by atoms with Gasteiger partial charge in [0.2, 0.25) is 0 Å². The Morgan fingerprint density at radius 1 is 1.23 bits per heavy atom. The van der Waals surface area contributed by atoms with Crippen molar-refractivity contribution in [2.75, 3.05) is 17.2 Å². The molecule has 0 bridgehead atoms. The molecule has 0 amide bonds. The predicted molar refractivity (Wildman–Crippen MR) is 81.9 cm³/mol. The van der Waals surface area contributed by atoms with Crippen LogP contribution in [0.1, 0.15) is 5.56 Å². The van der Waals surface area contributed by atoms with E-state index in [2.05, 4.69) is 26.2 Å². The van der Waals surface area contributed by atoms with Crippen LogP contribution >= 0.6 is 11.6 Å². The highest BCUT2D eigenvalue weighted by Gasteiger charge is 2.25. The molecule has 8 heteroatoms. The van der Waals surface area contributed by atoms with Crippen molar-refractivity contribution >= 4 is 29.1 Å². The van der Waals surface area contributed by atoms with Gasteiger partial charge in [0, 0.05) is 12.2 Å². The minimum absolute atomic E-state index is 0.196. The smallest absolute Gasteiger partial charge is 0.282 e. The maximum Gasteiger partial charge on any atom is 0.282 e. The number of nitrogen functional groups attached to an aromatic ring is 1. The number of fused-ring (bicyclic) bond motifs is 1. The number of aromatic nitrogens is 4. The molecular formula is C14H11ClN6O. The summed E-state index contributed by atoms with van der Waals surface area (Å²) in [6, 6.07) is 8.13. The molecule has 110 valence electrons. The van der Waals surface area contributed by atoms with E-state index < -0.39 is 0 Å². The van der Waals surface area contributed by atoms with Crippen LogP contribution in [0, 0.1) is 0 Å². The molecule has 0 atom stereocenters. The highest BCUT2D eigenvalue weighted by Crippen LogP contribution is 2.33. The molecule has 0 saturated carbocycles. The number of benzene rings is 1. The molecule has 0 spiro atoms. The number of nitrogens with zero attached hydrogens (tertiary/aromatic N) is 5. The molecule has 1 aliphatic heterocycles. The first-order valence-corrected chi connectivity index (χ1v) is 7.08. The van der Waals surface area contributed by atoms with E-state index in [4.69, 9.17) is 21.9 Å². The Labute approximate surface area is 130 Å². The topological polar surface area (TPSA) is 94.0 Å². The third kappa shape index (κ3) is 2.06. The number of rotatable bonds is 2. The molecule has 0 aliphatic carbocycles. The number of halogens is 1. The highest BCUT2D eigenvalue weighted by atomic mass is 35.5. The first-order valence-electron chi connectivity index (χ1n) is 6.70. The Balaban J connectivity index is 1.72. The summed E-state index contributed by atoms with van der Waals surface area (Å²) >= 11 is 5.84. The average Bonchev–Trinajstić information content (AvgIpc) is 3.16. The molecule has 22 heavy (non-hydrogen) atoms. The summed E-state index contributed by atoms with van der Waals surface area (Å²) in [7, 11) is 0. The van der Waals surface area contributed by atoms with Crippen LogP contribution in [0.3, 0.4) is 0 Å². The third-order valence-electron chi connectivity index (χ3n) is 3.52. The lowest BCUT2D eigenvalue weighted by molar-refractivity contribution is 0.429. The van der Waals surface area contributed by atoms with Crippen molar-refractivity contribution in [1.29, 1.82) is 0 Å². The largest absolute Gasteiger partial charge is 0.382 e. The van der Waals surface area contributed by atoms with Gasteiger partial charge in [0.25, 0.3) is 11.8 Å². The second-order valence-corrected chi connectivity index (χ2v) is 5.24. The van der Waals surface area contributed by atoms with E-state index in [9.17, 15) is 0 Å². The fourth-order valence-electron chi connectivity index (χ4n) is 2.50. The summed E-state index contributed by atoms with van der Waals surface area (Å²) in [5.74, 6) is 0.870. The van der Waals surface area contributed by atoms with Gasteiger partial charge < -0.3 is 15.2 Å². The fourth-order valence-corrected chi connectivity index (χ4v) is 2.64. The van der Waals surface area contributed by atoms with Gasteiger partial charge in [-0.1, -0.05) is 29.8 Å².